The summed E-state index contributed by atoms with van der Waals surface area (Å²) in [4.78, 5) is 24.9. The molecule has 1 aromatic rings. The Balaban J connectivity index is 1.46. The average Bonchev–Trinajstić information content (AvgIpc) is 2.67. The molecule has 3 rings (SSSR count). The summed E-state index contributed by atoms with van der Waals surface area (Å²) in [7, 11) is 0. The fraction of sp³-hybridized carbons (Fsp3) is 0.714. The summed E-state index contributed by atoms with van der Waals surface area (Å²) in [5.74, 6) is -0.134. The number of esters is 1. The molecular formula is C21H31N5O3. The van der Waals surface area contributed by atoms with Gasteiger partial charge in [-0.1, -0.05) is 0 Å². The minimum absolute atomic E-state index is 0.0729. The smallest absolute Gasteiger partial charge is 0.309 e. The number of carbonyl (C=O) groups is 1. The van der Waals surface area contributed by atoms with Crippen LogP contribution in [0.5, 0.6) is 0 Å². The molecule has 1 aliphatic heterocycles. The van der Waals surface area contributed by atoms with Crippen molar-refractivity contribution >= 4 is 11.7 Å². The van der Waals surface area contributed by atoms with Gasteiger partial charge in [-0.25, -0.2) is 9.97 Å². The van der Waals surface area contributed by atoms with Gasteiger partial charge in [0.25, 0.3) is 0 Å². The maximum absolute atomic E-state index is 12.1. The van der Waals surface area contributed by atoms with Gasteiger partial charge in [0.05, 0.1) is 30.1 Å². The zero-order valence-corrected chi connectivity index (χ0v) is 17.6. The van der Waals surface area contributed by atoms with Crippen molar-refractivity contribution in [1.29, 1.82) is 5.26 Å². The number of carbonyl (C=O) groups excluding carboxylic acids is 1. The van der Waals surface area contributed by atoms with Crippen molar-refractivity contribution in [3.8, 4) is 6.07 Å². The van der Waals surface area contributed by atoms with Gasteiger partial charge in [-0.15, -0.1) is 0 Å². The van der Waals surface area contributed by atoms with Gasteiger partial charge < -0.3 is 14.7 Å². The maximum Gasteiger partial charge on any atom is 0.309 e. The second kappa shape index (κ2) is 8.64. The Morgan fingerprint density at radius 1 is 1.24 bits per heavy atom. The standard InChI is InChI=1S/C21H31N5O3/c1-20(2,3)29-19(27)12-21(28)6-4-16(5-7-21)25-8-10-26(11-9-25)17-14-23-18(13-22)24-15-17/h14-16,28H,4-12H2,1-3H3. The van der Waals surface area contributed by atoms with E-state index in [9.17, 15) is 9.90 Å². The van der Waals surface area contributed by atoms with Crippen molar-refractivity contribution in [3.63, 3.8) is 0 Å². The summed E-state index contributed by atoms with van der Waals surface area (Å²) < 4.78 is 5.37. The van der Waals surface area contributed by atoms with E-state index in [1.807, 2.05) is 26.8 Å². The van der Waals surface area contributed by atoms with Crippen molar-refractivity contribution in [2.75, 3.05) is 31.1 Å². The number of ether oxygens (including phenoxy) is 1. The zero-order chi connectivity index (χ0) is 21.1. The Kier molecular flexibility index (Phi) is 6.39. The fourth-order valence-electron chi connectivity index (χ4n) is 4.22. The Labute approximate surface area is 172 Å². The number of nitrogens with zero attached hydrogens (tertiary/aromatic N) is 5. The Hall–Kier alpha value is -2.24. The third-order valence-corrected chi connectivity index (χ3v) is 5.71. The van der Waals surface area contributed by atoms with Gasteiger partial charge in [-0.3, -0.25) is 9.69 Å². The lowest BCUT2D eigenvalue weighted by molar-refractivity contribution is -0.162. The van der Waals surface area contributed by atoms with Gasteiger partial charge in [0.1, 0.15) is 11.7 Å². The van der Waals surface area contributed by atoms with Crippen LogP contribution in [0.4, 0.5) is 5.69 Å². The van der Waals surface area contributed by atoms with Crippen molar-refractivity contribution in [2.45, 2.75) is 70.1 Å². The van der Waals surface area contributed by atoms with Crippen LogP contribution < -0.4 is 4.90 Å². The SMILES string of the molecule is CC(C)(C)OC(=O)CC1(O)CCC(N2CCN(c3cnc(C#N)nc3)CC2)CC1. The van der Waals surface area contributed by atoms with Gasteiger partial charge in [0.15, 0.2) is 0 Å². The van der Waals surface area contributed by atoms with Crippen LogP contribution in [0, 0.1) is 11.3 Å². The van der Waals surface area contributed by atoms with E-state index in [1.165, 1.54) is 0 Å². The molecule has 8 nitrogen and oxygen atoms in total. The third-order valence-electron chi connectivity index (χ3n) is 5.71. The number of hydrogen-bond acceptors (Lipinski definition) is 8. The first-order chi connectivity index (χ1) is 13.7. The molecule has 2 aliphatic rings. The lowest BCUT2D eigenvalue weighted by atomic mass is 9.79. The van der Waals surface area contributed by atoms with Crippen LogP contribution in [0.15, 0.2) is 12.4 Å². The van der Waals surface area contributed by atoms with E-state index in [4.69, 9.17) is 10.00 Å². The molecule has 8 heteroatoms. The topological polar surface area (TPSA) is 103 Å². The van der Waals surface area contributed by atoms with E-state index in [-0.39, 0.29) is 18.2 Å². The number of hydrogen-bond donors (Lipinski definition) is 1. The largest absolute Gasteiger partial charge is 0.460 e. The minimum Gasteiger partial charge on any atom is -0.460 e. The first-order valence-electron chi connectivity index (χ1n) is 10.3. The van der Waals surface area contributed by atoms with Crippen molar-refractivity contribution in [2.24, 2.45) is 0 Å². The quantitative estimate of drug-likeness (QED) is 0.763. The first kappa shape index (κ1) is 21.5. The molecule has 0 bridgehead atoms. The molecule has 0 amide bonds. The molecule has 158 valence electrons. The van der Waals surface area contributed by atoms with E-state index in [0.717, 1.165) is 44.7 Å². The van der Waals surface area contributed by atoms with Gasteiger partial charge >= 0.3 is 5.97 Å². The predicted octanol–water partition coefficient (Wildman–Crippen LogP) is 1.88. The molecule has 2 fully saturated rings. The first-order valence-corrected chi connectivity index (χ1v) is 10.3. The Morgan fingerprint density at radius 2 is 1.83 bits per heavy atom. The zero-order valence-electron chi connectivity index (χ0n) is 17.6. The van der Waals surface area contributed by atoms with E-state index >= 15 is 0 Å². The minimum atomic E-state index is -0.944. The van der Waals surface area contributed by atoms with Gasteiger partial charge in [-0.05, 0) is 46.5 Å². The van der Waals surface area contributed by atoms with E-state index in [0.29, 0.717) is 18.9 Å². The molecule has 0 unspecified atom stereocenters. The summed E-state index contributed by atoms with van der Waals surface area (Å²) >= 11 is 0. The summed E-state index contributed by atoms with van der Waals surface area (Å²) in [6.45, 7) is 9.17. The molecule has 0 spiro atoms. The number of nitriles is 1. The highest BCUT2D eigenvalue weighted by molar-refractivity contribution is 5.71. The number of piperazine rings is 1. The molecule has 1 aromatic heterocycles. The van der Waals surface area contributed by atoms with Crippen LogP contribution >= 0.6 is 0 Å². The van der Waals surface area contributed by atoms with Crippen LogP contribution in [-0.2, 0) is 9.53 Å². The van der Waals surface area contributed by atoms with Gasteiger partial charge in [0, 0.05) is 32.2 Å². The van der Waals surface area contributed by atoms with Gasteiger partial charge in [-0.2, -0.15) is 5.26 Å². The molecule has 1 N–H and O–H groups in total. The van der Waals surface area contributed by atoms with Crippen LogP contribution in [0.3, 0.4) is 0 Å². The second-order valence-corrected chi connectivity index (χ2v) is 9.12. The van der Waals surface area contributed by atoms with Crippen LogP contribution in [0.2, 0.25) is 0 Å². The Morgan fingerprint density at radius 3 is 2.34 bits per heavy atom. The molecule has 1 saturated heterocycles. The van der Waals surface area contributed by atoms with Gasteiger partial charge in [0.2, 0.25) is 5.82 Å². The van der Waals surface area contributed by atoms with E-state index in [2.05, 4.69) is 19.8 Å². The highest BCUT2D eigenvalue weighted by atomic mass is 16.6. The van der Waals surface area contributed by atoms with Crippen LogP contribution in [-0.4, -0.2) is 69.4 Å². The molecule has 0 atom stereocenters. The molecule has 0 aromatic carbocycles. The molecule has 29 heavy (non-hydrogen) atoms. The number of anilines is 1. The monoisotopic (exact) mass is 401 g/mol. The number of aromatic nitrogens is 2. The van der Waals surface area contributed by atoms with Crippen LogP contribution in [0.25, 0.3) is 0 Å². The Bertz CT molecular complexity index is 737. The second-order valence-electron chi connectivity index (χ2n) is 9.12. The normalized spacial score (nSPS) is 26.0. The summed E-state index contributed by atoms with van der Waals surface area (Å²) in [6, 6.07) is 2.38. The lowest BCUT2D eigenvalue weighted by Crippen LogP contribution is -2.52. The van der Waals surface area contributed by atoms with Crippen molar-refractivity contribution in [1.82, 2.24) is 14.9 Å². The number of rotatable bonds is 4. The van der Waals surface area contributed by atoms with Crippen molar-refractivity contribution in [3.05, 3.63) is 18.2 Å². The molecule has 1 aliphatic carbocycles. The fourth-order valence-corrected chi connectivity index (χ4v) is 4.22. The highest BCUT2D eigenvalue weighted by Crippen LogP contribution is 2.34. The predicted molar refractivity (Wildman–Crippen MR) is 108 cm³/mol. The molecule has 0 radical (unpaired) electrons. The number of aliphatic hydroxyl groups is 1. The average molecular weight is 402 g/mol. The van der Waals surface area contributed by atoms with Crippen molar-refractivity contribution < 1.29 is 14.6 Å². The lowest BCUT2D eigenvalue weighted by Gasteiger charge is -2.44. The van der Waals surface area contributed by atoms with E-state index < -0.39 is 11.2 Å². The summed E-state index contributed by atoms with van der Waals surface area (Å²) in [5.41, 5.74) is -0.524. The van der Waals surface area contributed by atoms with E-state index in [1.54, 1.807) is 12.4 Å². The highest BCUT2D eigenvalue weighted by Gasteiger charge is 2.38. The van der Waals surface area contributed by atoms with Crippen LogP contribution in [0.1, 0.15) is 58.7 Å². The molecular weight excluding hydrogens is 370 g/mol. The third kappa shape index (κ3) is 5.87. The summed E-state index contributed by atoms with van der Waals surface area (Å²) in [5, 5.41) is 19.6. The summed E-state index contributed by atoms with van der Waals surface area (Å²) in [6.07, 6.45) is 6.51. The maximum atomic E-state index is 12.1. The molecule has 2 heterocycles. The molecule has 1 saturated carbocycles.